The van der Waals surface area contributed by atoms with Crippen molar-refractivity contribution in [3.63, 3.8) is 0 Å². The van der Waals surface area contributed by atoms with Crippen molar-refractivity contribution in [3.05, 3.63) is 76.6 Å². The summed E-state index contributed by atoms with van der Waals surface area (Å²) in [6.07, 6.45) is 4.12. The van der Waals surface area contributed by atoms with Gasteiger partial charge in [0, 0.05) is 22.4 Å². The van der Waals surface area contributed by atoms with E-state index in [4.69, 9.17) is 13.9 Å². The summed E-state index contributed by atoms with van der Waals surface area (Å²) < 4.78 is 34.2. The van der Waals surface area contributed by atoms with Crippen molar-refractivity contribution in [2.24, 2.45) is 0 Å². The average molecular weight is 616 g/mol. The minimum Gasteiger partial charge on any atom is -0.540 e. The molecular formula is C37H46FNO4Si. The third-order valence-electron chi connectivity index (χ3n) is 9.21. The summed E-state index contributed by atoms with van der Waals surface area (Å²) in [5, 5.41) is 13.7. The van der Waals surface area contributed by atoms with Crippen LogP contribution in [0.3, 0.4) is 0 Å². The Kier molecular flexibility index (Phi) is 8.51. The summed E-state index contributed by atoms with van der Waals surface area (Å²) in [6.45, 7) is 19.8. The van der Waals surface area contributed by atoms with Crippen LogP contribution >= 0.6 is 0 Å². The smallest absolute Gasteiger partial charge is 0.258 e. The Labute approximate surface area is 262 Å². The van der Waals surface area contributed by atoms with Crippen LogP contribution in [0.1, 0.15) is 84.6 Å². The standard InChI is InChI=1S/C37H46FNO4Si/c1-21(2)44(22(3)4,23(5)6)43-31-16-15-30-35(36(31)41-10)28-13-14-29-33(24(7)19-37(8,9)39-29)34(28)32(42-30)18-25-11-12-27(38)17-26(25)20-40/h11-19,21-23,39-40H,20H2,1-10H3. The lowest BCUT2D eigenvalue weighted by Gasteiger charge is -2.42. The van der Waals surface area contributed by atoms with E-state index in [0.29, 0.717) is 45.0 Å². The number of methoxy groups -OCH3 is 1. The maximum atomic E-state index is 14.1. The van der Waals surface area contributed by atoms with Crippen LogP contribution in [0.2, 0.25) is 16.6 Å². The minimum atomic E-state index is -2.29. The highest BCUT2D eigenvalue weighted by molar-refractivity contribution is 6.78. The second kappa shape index (κ2) is 11.7. The summed E-state index contributed by atoms with van der Waals surface area (Å²) >= 11 is 0. The normalized spacial score (nSPS) is 16.2. The first kappa shape index (κ1) is 31.9. The number of benzene rings is 3. The van der Waals surface area contributed by atoms with Gasteiger partial charge >= 0.3 is 0 Å². The van der Waals surface area contributed by atoms with Gasteiger partial charge in [-0.1, -0.05) is 59.8 Å². The molecule has 0 radical (unpaired) electrons. The molecule has 234 valence electrons. The van der Waals surface area contributed by atoms with E-state index in [0.717, 1.165) is 39.3 Å². The number of hydrogen-bond donors (Lipinski definition) is 2. The molecule has 0 unspecified atom stereocenters. The summed E-state index contributed by atoms with van der Waals surface area (Å²) in [7, 11) is -0.598. The molecule has 3 aromatic rings. The van der Waals surface area contributed by atoms with Crippen molar-refractivity contribution in [1.82, 2.24) is 0 Å². The van der Waals surface area contributed by atoms with E-state index in [9.17, 15) is 9.50 Å². The van der Waals surface area contributed by atoms with Gasteiger partial charge in [0.1, 0.15) is 23.1 Å². The molecule has 2 aliphatic heterocycles. The fourth-order valence-corrected chi connectivity index (χ4v) is 12.8. The molecule has 5 nitrogen and oxygen atoms in total. The molecule has 0 spiro atoms. The number of aliphatic hydroxyl groups is 1. The van der Waals surface area contributed by atoms with E-state index in [1.807, 2.05) is 18.2 Å². The van der Waals surface area contributed by atoms with Gasteiger partial charge in [-0.25, -0.2) is 4.39 Å². The first-order valence-electron chi connectivity index (χ1n) is 15.6. The molecule has 2 N–H and O–H groups in total. The maximum absolute atomic E-state index is 14.1. The lowest BCUT2D eigenvalue weighted by Crippen LogP contribution is -2.50. The molecule has 3 aromatic carbocycles. The molecule has 5 rings (SSSR count). The first-order chi connectivity index (χ1) is 20.7. The number of halogens is 1. The monoisotopic (exact) mass is 615 g/mol. The van der Waals surface area contributed by atoms with Crippen molar-refractivity contribution in [3.8, 4) is 28.4 Å². The van der Waals surface area contributed by atoms with Crippen molar-refractivity contribution in [2.45, 2.75) is 91.1 Å². The third kappa shape index (κ3) is 5.34. The molecular weight excluding hydrogens is 569 g/mol. The molecule has 44 heavy (non-hydrogen) atoms. The molecule has 0 aliphatic carbocycles. The summed E-state index contributed by atoms with van der Waals surface area (Å²) in [5.41, 5.74) is 8.03. The Bertz CT molecular complexity index is 1630. The molecule has 0 aromatic heterocycles. The van der Waals surface area contributed by atoms with Crippen LogP contribution in [-0.2, 0) is 6.61 Å². The van der Waals surface area contributed by atoms with E-state index in [-0.39, 0.29) is 12.1 Å². The fraction of sp³-hybridized carbons (Fsp3) is 0.405. The van der Waals surface area contributed by atoms with Gasteiger partial charge in [0.15, 0.2) is 5.75 Å². The quantitative estimate of drug-likeness (QED) is 0.247. The Balaban J connectivity index is 1.79. The highest BCUT2D eigenvalue weighted by Crippen LogP contribution is 2.55. The number of anilines is 1. The number of fused-ring (bicyclic) bond motifs is 5. The zero-order valence-electron chi connectivity index (χ0n) is 27.7. The number of rotatable bonds is 8. The van der Waals surface area contributed by atoms with Crippen LogP contribution in [-0.4, -0.2) is 26.1 Å². The number of aliphatic hydroxyl groups excluding tert-OH is 1. The van der Waals surface area contributed by atoms with E-state index in [1.165, 1.54) is 12.1 Å². The summed E-state index contributed by atoms with van der Waals surface area (Å²) in [5.74, 6) is 2.27. The van der Waals surface area contributed by atoms with Crippen LogP contribution in [0.5, 0.6) is 17.2 Å². The van der Waals surface area contributed by atoms with Crippen molar-refractivity contribution in [1.29, 1.82) is 0 Å². The van der Waals surface area contributed by atoms with Gasteiger partial charge in [-0.3, -0.25) is 0 Å². The van der Waals surface area contributed by atoms with Crippen LogP contribution in [0, 0.1) is 5.82 Å². The van der Waals surface area contributed by atoms with Crippen LogP contribution in [0.15, 0.2) is 48.5 Å². The molecule has 2 heterocycles. The predicted molar refractivity (Wildman–Crippen MR) is 182 cm³/mol. The zero-order chi connectivity index (χ0) is 32.1. The average Bonchev–Trinajstić information content (AvgIpc) is 2.94. The van der Waals surface area contributed by atoms with Crippen LogP contribution in [0.25, 0.3) is 28.5 Å². The van der Waals surface area contributed by atoms with Gasteiger partial charge in [-0.15, -0.1) is 0 Å². The first-order valence-corrected chi connectivity index (χ1v) is 17.7. The lowest BCUT2D eigenvalue weighted by atomic mass is 9.82. The van der Waals surface area contributed by atoms with Crippen molar-refractivity contribution >= 4 is 31.4 Å². The summed E-state index contributed by atoms with van der Waals surface area (Å²) in [4.78, 5) is 0. The summed E-state index contributed by atoms with van der Waals surface area (Å²) in [6, 6.07) is 12.6. The van der Waals surface area contributed by atoms with E-state index >= 15 is 0 Å². The van der Waals surface area contributed by atoms with Crippen LogP contribution < -0.4 is 19.2 Å². The van der Waals surface area contributed by atoms with Gasteiger partial charge < -0.3 is 24.3 Å². The zero-order valence-corrected chi connectivity index (χ0v) is 28.7. The van der Waals surface area contributed by atoms with Crippen molar-refractivity contribution < 1.29 is 23.4 Å². The SMILES string of the molecule is COc1c(O[Si](C(C)C)(C(C)C)C(C)C)ccc2c1-c1ccc3c(c1C(=Cc1ccc(F)cc1CO)O2)C(C)=CC(C)(C)N3. The molecule has 0 amide bonds. The Morgan fingerprint density at radius 2 is 1.64 bits per heavy atom. The minimum absolute atomic E-state index is 0.221. The highest BCUT2D eigenvalue weighted by atomic mass is 28.4. The van der Waals surface area contributed by atoms with Crippen molar-refractivity contribution in [2.75, 3.05) is 12.4 Å². The number of ether oxygens (including phenoxy) is 2. The molecule has 0 bridgehead atoms. The Hall–Kier alpha value is -3.55. The van der Waals surface area contributed by atoms with E-state index in [2.05, 4.69) is 85.8 Å². The fourth-order valence-electron chi connectivity index (χ4n) is 7.55. The molecule has 0 saturated carbocycles. The molecule has 0 atom stereocenters. The van der Waals surface area contributed by atoms with Gasteiger partial charge in [-0.2, -0.15) is 0 Å². The Morgan fingerprint density at radius 1 is 0.955 bits per heavy atom. The third-order valence-corrected chi connectivity index (χ3v) is 15.2. The largest absolute Gasteiger partial charge is 0.540 e. The molecule has 0 fully saturated rings. The van der Waals surface area contributed by atoms with E-state index in [1.54, 1.807) is 13.2 Å². The molecule has 2 aliphatic rings. The molecule has 0 saturated heterocycles. The number of nitrogens with one attached hydrogen (secondary N) is 1. The van der Waals surface area contributed by atoms with Gasteiger partial charge in [0.05, 0.1) is 24.8 Å². The highest BCUT2D eigenvalue weighted by Gasteiger charge is 2.48. The Morgan fingerprint density at radius 3 is 2.25 bits per heavy atom. The number of hydrogen-bond acceptors (Lipinski definition) is 5. The lowest BCUT2D eigenvalue weighted by molar-refractivity contribution is 0.281. The van der Waals surface area contributed by atoms with E-state index < -0.39 is 14.1 Å². The predicted octanol–water partition coefficient (Wildman–Crippen LogP) is 10.0. The maximum Gasteiger partial charge on any atom is 0.258 e. The topological polar surface area (TPSA) is 60.0 Å². The van der Waals surface area contributed by atoms with Crippen LogP contribution in [0.4, 0.5) is 10.1 Å². The molecule has 7 heteroatoms. The van der Waals surface area contributed by atoms with Gasteiger partial charge in [0.2, 0.25) is 0 Å². The second-order valence-electron chi connectivity index (χ2n) is 13.6. The number of allylic oxidation sites excluding steroid dienone is 1. The van der Waals surface area contributed by atoms with Gasteiger partial charge in [-0.05, 0) is 90.5 Å². The van der Waals surface area contributed by atoms with Gasteiger partial charge in [0.25, 0.3) is 8.32 Å². The second-order valence-corrected chi connectivity index (χ2v) is 19.0.